The summed E-state index contributed by atoms with van der Waals surface area (Å²) in [6.45, 7) is 10.6. The SMILES string of the molecule is CCCCCCCCCCCCCCCCOC(=O)c1c(C)c(C)c(OCC)c(C)c1O. The largest absolute Gasteiger partial charge is 0.507 e. The Labute approximate surface area is 197 Å². The van der Waals surface area contributed by atoms with Gasteiger partial charge in [-0.1, -0.05) is 90.4 Å². The van der Waals surface area contributed by atoms with Crippen LogP contribution < -0.4 is 4.74 Å². The minimum Gasteiger partial charge on any atom is -0.507 e. The van der Waals surface area contributed by atoms with Crippen LogP contribution in [0.3, 0.4) is 0 Å². The highest BCUT2D eigenvalue weighted by molar-refractivity contribution is 5.95. The van der Waals surface area contributed by atoms with Gasteiger partial charge >= 0.3 is 5.97 Å². The third-order valence-corrected chi connectivity index (χ3v) is 6.43. The molecule has 0 unspecified atom stereocenters. The van der Waals surface area contributed by atoms with E-state index in [0.717, 1.165) is 24.0 Å². The van der Waals surface area contributed by atoms with Crippen molar-refractivity contribution in [3.63, 3.8) is 0 Å². The van der Waals surface area contributed by atoms with E-state index in [2.05, 4.69) is 6.92 Å². The first-order valence-corrected chi connectivity index (χ1v) is 13.1. The van der Waals surface area contributed by atoms with E-state index in [1.807, 2.05) is 20.8 Å². The number of esters is 1. The van der Waals surface area contributed by atoms with Crippen LogP contribution in [-0.2, 0) is 4.74 Å². The lowest BCUT2D eigenvalue weighted by Gasteiger charge is -2.18. The van der Waals surface area contributed by atoms with E-state index in [1.165, 1.54) is 77.0 Å². The number of phenols is 1. The van der Waals surface area contributed by atoms with Crippen molar-refractivity contribution in [1.29, 1.82) is 0 Å². The van der Waals surface area contributed by atoms with Crippen LogP contribution in [-0.4, -0.2) is 24.3 Å². The van der Waals surface area contributed by atoms with E-state index < -0.39 is 5.97 Å². The fourth-order valence-electron chi connectivity index (χ4n) is 4.26. The van der Waals surface area contributed by atoms with Crippen molar-refractivity contribution in [2.45, 2.75) is 125 Å². The van der Waals surface area contributed by atoms with Crippen molar-refractivity contribution in [3.8, 4) is 11.5 Å². The maximum absolute atomic E-state index is 12.6. The molecule has 0 spiro atoms. The smallest absolute Gasteiger partial charge is 0.342 e. The number of carbonyl (C=O) groups excluding carboxylic acids is 1. The highest BCUT2D eigenvalue weighted by atomic mass is 16.5. The predicted octanol–water partition coefficient (Wildman–Crippen LogP) is 8.35. The Morgan fingerprint density at radius 3 is 1.62 bits per heavy atom. The van der Waals surface area contributed by atoms with Crippen LogP contribution in [0.4, 0.5) is 0 Å². The van der Waals surface area contributed by atoms with Gasteiger partial charge in [0.25, 0.3) is 0 Å². The monoisotopic (exact) mass is 448 g/mol. The Hall–Kier alpha value is -1.71. The van der Waals surface area contributed by atoms with E-state index in [-0.39, 0.29) is 11.3 Å². The van der Waals surface area contributed by atoms with Gasteiger partial charge < -0.3 is 14.6 Å². The van der Waals surface area contributed by atoms with Crippen molar-refractivity contribution in [1.82, 2.24) is 0 Å². The topological polar surface area (TPSA) is 55.8 Å². The second-order valence-corrected chi connectivity index (χ2v) is 9.09. The van der Waals surface area contributed by atoms with Crippen molar-refractivity contribution in [2.75, 3.05) is 13.2 Å². The molecule has 0 saturated carbocycles. The van der Waals surface area contributed by atoms with Crippen molar-refractivity contribution in [2.24, 2.45) is 0 Å². The summed E-state index contributed by atoms with van der Waals surface area (Å²) in [5, 5.41) is 10.5. The molecule has 0 fully saturated rings. The summed E-state index contributed by atoms with van der Waals surface area (Å²) < 4.78 is 11.1. The number of phenolic OH excluding ortho intramolecular Hbond substituents is 1. The van der Waals surface area contributed by atoms with Crippen LogP contribution in [0.1, 0.15) is 131 Å². The summed E-state index contributed by atoms with van der Waals surface area (Å²) in [6, 6.07) is 0. The molecule has 0 aliphatic carbocycles. The Bertz CT molecular complexity index is 637. The molecule has 0 heterocycles. The quantitative estimate of drug-likeness (QED) is 0.181. The van der Waals surface area contributed by atoms with Gasteiger partial charge in [-0.3, -0.25) is 0 Å². The number of ether oxygens (including phenoxy) is 2. The normalized spacial score (nSPS) is 11.0. The fraction of sp³-hybridized carbons (Fsp3) is 0.750. The minimum atomic E-state index is -0.441. The molecular weight excluding hydrogens is 400 g/mol. The first-order chi connectivity index (χ1) is 15.5. The maximum Gasteiger partial charge on any atom is 0.342 e. The lowest BCUT2D eigenvalue weighted by molar-refractivity contribution is 0.0493. The Balaban J connectivity index is 2.17. The number of aromatic hydroxyl groups is 1. The van der Waals surface area contributed by atoms with E-state index in [1.54, 1.807) is 6.92 Å². The molecule has 1 N–H and O–H groups in total. The fourth-order valence-corrected chi connectivity index (χ4v) is 4.26. The molecule has 4 heteroatoms. The maximum atomic E-state index is 12.6. The summed E-state index contributed by atoms with van der Waals surface area (Å²) in [5.74, 6) is 0.192. The zero-order chi connectivity index (χ0) is 23.8. The van der Waals surface area contributed by atoms with Crippen molar-refractivity contribution < 1.29 is 19.4 Å². The number of hydrogen-bond donors (Lipinski definition) is 1. The highest BCUT2D eigenvalue weighted by Gasteiger charge is 2.23. The van der Waals surface area contributed by atoms with Gasteiger partial charge in [-0.15, -0.1) is 0 Å². The van der Waals surface area contributed by atoms with Gasteiger partial charge in [0.05, 0.1) is 13.2 Å². The molecule has 0 atom stereocenters. The predicted molar refractivity (Wildman–Crippen MR) is 134 cm³/mol. The van der Waals surface area contributed by atoms with Crippen LogP contribution in [0, 0.1) is 20.8 Å². The van der Waals surface area contributed by atoms with Gasteiger partial charge in [0, 0.05) is 5.56 Å². The molecule has 0 aliphatic rings. The van der Waals surface area contributed by atoms with Gasteiger partial charge in [-0.2, -0.15) is 0 Å². The van der Waals surface area contributed by atoms with Crippen molar-refractivity contribution >= 4 is 5.97 Å². The van der Waals surface area contributed by atoms with Gasteiger partial charge in [-0.25, -0.2) is 4.79 Å². The average Bonchev–Trinajstić information content (AvgIpc) is 2.78. The van der Waals surface area contributed by atoms with Crippen LogP contribution in [0.5, 0.6) is 11.5 Å². The summed E-state index contributed by atoms with van der Waals surface area (Å²) in [7, 11) is 0. The van der Waals surface area contributed by atoms with Gasteiger partial charge in [0.15, 0.2) is 0 Å². The van der Waals surface area contributed by atoms with E-state index in [4.69, 9.17) is 9.47 Å². The van der Waals surface area contributed by atoms with E-state index in [9.17, 15) is 9.90 Å². The van der Waals surface area contributed by atoms with Crippen molar-refractivity contribution in [3.05, 3.63) is 22.3 Å². The lowest BCUT2D eigenvalue weighted by Crippen LogP contribution is -2.11. The van der Waals surface area contributed by atoms with Crippen LogP contribution in [0.25, 0.3) is 0 Å². The highest BCUT2D eigenvalue weighted by Crippen LogP contribution is 2.37. The summed E-state index contributed by atoms with van der Waals surface area (Å²) in [4.78, 5) is 12.6. The number of rotatable bonds is 18. The standard InChI is InChI=1S/C28H48O4/c1-6-8-9-10-11-12-13-14-15-16-17-18-19-20-21-32-28(30)25-22(3)23(4)27(31-7-2)24(5)26(25)29/h29H,6-21H2,1-5H3. The zero-order valence-electron chi connectivity index (χ0n) is 21.5. The molecular formula is C28H48O4. The number of unbranched alkanes of at least 4 members (excludes halogenated alkanes) is 13. The zero-order valence-corrected chi connectivity index (χ0v) is 21.5. The van der Waals surface area contributed by atoms with Gasteiger partial charge in [0.2, 0.25) is 0 Å². The third-order valence-electron chi connectivity index (χ3n) is 6.43. The first kappa shape index (κ1) is 28.3. The molecule has 0 aliphatic heterocycles. The Morgan fingerprint density at radius 2 is 1.16 bits per heavy atom. The molecule has 0 amide bonds. The number of benzene rings is 1. The molecule has 0 radical (unpaired) electrons. The third kappa shape index (κ3) is 9.83. The molecule has 1 aromatic carbocycles. The summed E-state index contributed by atoms with van der Waals surface area (Å²) >= 11 is 0. The number of carbonyl (C=O) groups is 1. The van der Waals surface area contributed by atoms with E-state index >= 15 is 0 Å². The van der Waals surface area contributed by atoms with Crippen LogP contribution in [0.2, 0.25) is 0 Å². The second-order valence-electron chi connectivity index (χ2n) is 9.09. The Morgan fingerprint density at radius 1 is 0.688 bits per heavy atom. The summed E-state index contributed by atoms with van der Waals surface area (Å²) in [6.07, 6.45) is 18.2. The van der Waals surface area contributed by atoms with Crippen LogP contribution >= 0.6 is 0 Å². The summed E-state index contributed by atoms with van der Waals surface area (Å²) in [5.41, 5.74) is 2.47. The minimum absolute atomic E-state index is 0.0255. The second kappa shape index (κ2) is 16.9. The molecule has 1 rings (SSSR count). The average molecular weight is 449 g/mol. The first-order valence-electron chi connectivity index (χ1n) is 13.1. The molecule has 0 saturated heterocycles. The molecule has 184 valence electrons. The number of hydrogen-bond acceptors (Lipinski definition) is 4. The van der Waals surface area contributed by atoms with Gasteiger partial charge in [-0.05, 0) is 45.2 Å². The Kier molecular flexibility index (Phi) is 14.9. The molecule has 1 aromatic rings. The van der Waals surface area contributed by atoms with E-state index in [0.29, 0.717) is 24.5 Å². The van der Waals surface area contributed by atoms with Crippen LogP contribution in [0.15, 0.2) is 0 Å². The lowest BCUT2D eigenvalue weighted by atomic mass is 9.97. The molecule has 0 aromatic heterocycles. The molecule has 4 nitrogen and oxygen atoms in total. The molecule has 32 heavy (non-hydrogen) atoms. The van der Waals surface area contributed by atoms with Gasteiger partial charge in [0.1, 0.15) is 17.1 Å². The molecule has 0 bridgehead atoms.